The number of nitrogens with one attached hydrogen (secondary N) is 2. The zero-order chi connectivity index (χ0) is 16.9. The van der Waals surface area contributed by atoms with Crippen molar-refractivity contribution in [3.63, 3.8) is 0 Å². The summed E-state index contributed by atoms with van der Waals surface area (Å²) >= 11 is 3.36. The van der Waals surface area contributed by atoms with Crippen molar-refractivity contribution in [2.24, 2.45) is 0 Å². The van der Waals surface area contributed by atoms with E-state index in [1.54, 1.807) is 18.2 Å². The van der Waals surface area contributed by atoms with Gasteiger partial charge in [-0.3, -0.25) is 14.6 Å². The third kappa shape index (κ3) is 4.20. The highest BCUT2D eigenvalue weighted by molar-refractivity contribution is 9.10. The molecule has 0 atom stereocenters. The molecule has 5 nitrogen and oxygen atoms in total. The van der Waals surface area contributed by atoms with Crippen molar-refractivity contribution in [2.45, 2.75) is 31.7 Å². The summed E-state index contributed by atoms with van der Waals surface area (Å²) in [6.45, 7) is 0. The summed E-state index contributed by atoms with van der Waals surface area (Å²) in [5.41, 5.74) is 1.34. The Morgan fingerprint density at radius 2 is 1.88 bits per heavy atom. The topological polar surface area (TPSA) is 71.1 Å². The minimum absolute atomic E-state index is 0.152. The van der Waals surface area contributed by atoms with Crippen LogP contribution in [0.4, 0.5) is 5.69 Å². The van der Waals surface area contributed by atoms with Crippen LogP contribution in [0.25, 0.3) is 0 Å². The quantitative estimate of drug-likeness (QED) is 0.838. The van der Waals surface area contributed by atoms with Crippen LogP contribution in [-0.2, 0) is 0 Å². The van der Waals surface area contributed by atoms with E-state index in [2.05, 4.69) is 31.5 Å². The molecule has 1 aliphatic carbocycles. The first-order valence-electron chi connectivity index (χ1n) is 7.95. The number of amides is 2. The molecule has 1 aliphatic rings. The van der Waals surface area contributed by atoms with Crippen molar-refractivity contribution in [3.8, 4) is 0 Å². The van der Waals surface area contributed by atoms with Gasteiger partial charge in [0.2, 0.25) is 0 Å². The van der Waals surface area contributed by atoms with Crippen LogP contribution in [0.15, 0.2) is 47.1 Å². The molecule has 6 heteroatoms. The van der Waals surface area contributed by atoms with E-state index in [9.17, 15) is 9.59 Å². The maximum atomic E-state index is 12.3. The molecular weight excluding hydrogens is 370 g/mol. The van der Waals surface area contributed by atoms with Gasteiger partial charge in [-0.1, -0.05) is 34.8 Å². The Morgan fingerprint density at radius 3 is 2.62 bits per heavy atom. The van der Waals surface area contributed by atoms with Crippen LogP contribution in [0, 0.1) is 0 Å². The van der Waals surface area contributed by atoms with E-state index < -0.39 is 0 Å². The second kappa shape index (κ2) is 7.57. The maximum Gasteiger partial charge on any atom is 0.274 e. The number of carbonyl (C=O) groups is 2. The monoisotopic (exact) mass is 387 g/mol. The molecule has 1 aromatic heterocycles. The molecule has 124 valence electrons. The summed E-state index contributed by atoms with van der Waals surface area (Å²) < 4.78 is 0.873. The molecule has 2 aromatic rings. The van der Waals surface area contributed by atoms with Gasteiger partial charge in [-0.15, -0.1) is 0 Å². The van der Waals surface area contributed by atoms with Gasteiger partial charge in [0.1, 0.15) is 5.69 Å². The third-order valence-corrected chi connectivity index (χ3v) is 4.52. The SMILES string of the molecule is O=C(NC1CCCC1)c1ccnc(C(=O)Nc2cccc(Br)c2)c1. The third-order valence-electron chi connectivity index (χ3n) is 4.03. The highest BCUT2D eigenvalue weighted by Crippen LogP contribution is 2.19. The van der Waals surface area contributed by atoms with Gasteiger partial charge in [0.15, 0.2) is 0 Å². The van der Waals surface area contributed by atoms with Gasteiger partial charge in [-0.05, 0) is 43.2 Å². The van der Waals surface area contributed by atoms with Gasteiger partial charge < -0.3 is 10.6 Å². The smallest absolute Gasteiger partial charge is 0.274 e. The average molecular weight is 388 g/mol. The molecule has 0 spiro atoms. The number of rotatable bonds is 4. The van der Waals surface area contributed by atoms with Crippen molar-refractivity contribution < 1.29 is 9.59 Å². The summed E-state index contributed by atoms with van der Waals surface area (Å²) in [5.74, 6) is -0.496. The zero-order valence-corrected chi connectivity index (χ0v) is 14.7. The fourth-order valence-electron chi connectivity index (χ4n) is 2.80. The Labute approximate surface area is 149 Å². The van der Waals surface area contributed by atoms with Crippen LogP contribution in [0.5, 0.6) is 0 Å². The Hall–Kier alpha value is -2.21. The summed E-state index contributed by atoms with van der Waals surface area (Å²) in [6, 6.07) is 10.7. The molecule has 1 heterocycles. The van der Waals surface area contributed by atoms with Gasteiger partial charge in [0.25, 0.3) is 11.8 Å². The lowest BCUT2D eigenvalue weighted by atomic mass is 10.1. The van der Waals surface area contributed by atoms with Crippen LogP contribution < -0.4 is 10.6 Å². The van der Waals surface area contributed by atoms with Crippen molar-refractivity contribution in [3.05, 3.63) is 58.3 Å². The second-order valence-corrected chi connectivity index (χ2v) is 6.76. The number of hydrogen-bond donors (Lipinski definition) is 2. The standard InChI is InChI=1S/C18H18BrN3O2/c19-13-4-3-7-15(11-13)22-18(24)16-10-12(8-9-20-16)17(23)21-14-5-1-2-6-14/h3-4,7-11,14H,1-2,5-6H2,(H,21,23)(H,22,24). The van der Waals surface area contributed by atoms with Gasteiger partial charge in [0.05, 0.1) is 0 Å². The van der Waals surface area contributed by atoms with Crippen molar-refractivity contribution in [2.75, 3.05) is 5.32 Å². The molecule has 1 saturated carbocycles. The minimum atomic E-state index is -0.344. The lowest BCUT2D eigenvalue weighted by Crippen LogP contribution is -2.32. The number of carbonyl (C=O) groups excluding carboxylic acids is 2. The molecule has 0 aliphatic heterocycles. The van der Waals surface area contributed by atoms with Crippen molar-refractivity contribution >= 4 is 33.4 Å². The lowest BCUT2D eigenvalue weighted by molar-refractivity contribution is 0.0937. The molecule has 0 saturated heterocycles. The van der Waals surface area contributed by atoms with Gasteiger partial charge in [-0.2, -0.15) is 0 Å². The molecule has 2 amide bonds. The predicted molar refractivity (Wildman–Crippen MR) is 96.1 cm³/mol. The fraction of sp³-hybridized carbons (Fsp3) is 0.278. The molecule has 3 rings (SSSR count). The van der Waals surface area contributed by atoms with E-state index in [0.717, 1.165) is 30.2 Å². The van der Waals surface area contributed by atoms with E-state index in [1.807, 2.05) is 12.1 Å². The maximum absolute atomic E-state index is 12.3. The molecule has 1 fully saturated rings. The number of halogens is 1. The zero-order valence-electron chi connectivity index (χ0n) is 13.1. The Bertz CT molecular complexity index is 757. The lowest BCUT2D eigenvalue weighted by Gasteiger charge is -2.12. The molecule has 0 radical (unpaired) electrons. The summed E-state index contributed by atoms with van der Waals surface area (Å²) in [7, 11) is 0. The fourth-order valence-corrected chi connectivity index (χ4v) is 3.20. The highest BCUT2D eigenvalue weighted by Gasteiger charge is 2.19. The van der Waals surface area contributed by atoms with E-state index in [4.69, 9.17) is 0 Å². The van der Waals surface area contributed by atoms with Crippen molar-refractivity contribution in [1.82, 2.24) is 10.3 Å². The Kier molecular flexibility index (Phi) is 5.25. The molecule has 1 aromatic carbocycles. The van der Waals surface area contributed by atoms with Crippen LogP contribution in [0.1, 0.15) is 46.5 Å². The number of hydrogen-bond acceptors (Lipinski definition) is 3. The van der Waals surface area contributed by atoms with Gasteiger partial charge in [0, 0.05) is 28.0 Å². The van der Waals surface area contributed by atoms with E-state index in [0.29, 0.717) is 11.3 Å². The first-order valence-corrected chi connectivity index (χ1v) is 8.75. The Balaban J connectivity index is 1.69. The van der Waals surface area contributed by atoms with Crippen LogP contribution in [0.3, 0.4) is 0 Å². The molecule has 0 unspecified atom stereocenters. The van der Waals surface area contributed by atoms with E-state index in [1.165, 1.54) is 12.3 Å². The highest BCUT2D eigenvalue weighted by atomic mass is 79.9. The van der Waals surface area contributed by atoms with Crippen LogP contribution in [0.2, 0.25) is 0 Å². The predicted octanol–water partition coefficient (Wildman–Crippen LogP) is 3.77. The van der Waals surface area contributed by atoms with Crippen LogP contribution in [-0.4, -0.2) is 22.8 Å². The first kappa shape index (κ1) is 16.6. The number of aromatic nitrogens is 1. The first-order chi connectivity index (χ1) is 11.6. The van der Waals surface area contributed by atoms with Crippen LogP contribution >= 0.6 is 15.9 Å². The number of nitrogens with zero attached hydrogens (tertiary/aromatic N) is 1. The normalized spacial score (nSPS) is 14.4. The molecule has 24 heavy (non-hydrogen) atoms. The second-order valence-electron chi connectivity index (χ2n) is 5.85. The molecule has 0 bridgehead atoms. The van der Waals surface area contributed by atoms with E-state index in [-0.39, 0.29) is 23.6 Å². The Morgan fingerprint density at radius 1 is 1.08 bits per heavy atom. The van der Waals surface area contributed by atoms with Gasteiger partial charge in [-0.25, -0.2) is 0 Å². The average Bonchev–Trinajstić information content (AvgIpc) is 3.08. The number of anilines is 1. The summed E-state index contributed by atoms with van der Waals surface area (Å²) in [6.07, 6.45) is 5.84. The molecular formula is C18H18BrN3O2. The number of benzene rings is 1. The largest absolute Gasteiger partial charge is 0.349 e. The van der Waals surface area contributed by atoms with E-state index >= 15 is 0 Å². The summed E-state index contributed by atoms with van der Waals surface area (Å²) in [5, 5.41) is 5.79. The van der Waals surface area contributed by atoms with Crippen molar-refractivity contribution in [1.29, 1.82) is 0 Å². The number of pyridine rings is 1. The van der Waals surface area contributed by atoms with Gasteiger partial charge >= 0.3 is 0 Å². The molecule has 2 N–H and O–H groups in total. The summed E-state index contributed by atoms with van der Waals surface area (Å²) in [4.78, 5) is 28.7. The minimum Gasteiger partial charge on any atom is -0.349 e.